The summed E-state index contributed by atoms with van der Waals surface area (Å²) in [7, 11) is 0. The molecular weight excluding hydrogens is 367 g/mol. The third-order valence-corrected chi connectivity index (χ3v) is 3.96. The molecule has 0 radical (unpaired) electrons. The zero-order valence-electron chi connectivity index (χ0n) is 13.8. The molecule has 1 fully saturated rings. The van der Waals surface area contributed by atoms with Crippen molar-refractivity contribution in [3.63, 3.8) is 0 Å². The first-order valence-corrected chi connectivity index (χ1v) is 7.84. The van der Waals surface area contributed by atoms with Gasteiger partial charge in [-0.25, -0.2) is 4.68 Å². The van der Waals surface area contributed by atoms with E-state index in [0.717, 1.165) is 11.9 Å². The molecule has 1 aliphatic heterocycles. The Balaban J connectivity index is 0.00000156. The van der Waals surface area contributed by atoms with Gasteiger partial charge in [0.25, 0.3) is 5.56 Å². The average molecular weight is 391 g/mol. The van der Waals surface area contributed by atoms with Crippen LogP contribution in [0.3, 0.4) is 0 Å². The van der Waals surface area contributed by atoms with Gasteiger partial charge in [-0.2, -0.15) is 5.10 Å². The van der Waals surface area contributed by atoms with Crippen molar-refractivity contribution in [2.75, 3.05) is 39.4 Å². The van der Waals surface area contributed by atoms with Crippen molar-refractivity contribution in [3.8, 4) is 0 Å². The summed E-state index contributed by atoms with van der Waals surface area (Å²) in [4.78, 5) is 12.3. The van der Waals surface area contributed by atoms with Crippen LogP contribution in [0.1, 0.15) is 0 Å². The van der Waals surface area contributed by atoms with Crippen molar-refractivity contribution in [1.29, 1.82) is 0 Å². The van der Waals surface area contributed by atoms with E-state index < -0.39 is 5.60 Å². The van der Waals surface area contributed by atoms with Gasteiger partial charge >= 0.3 is 0 Å². The molecule has 1 aromatic heterocycles. The van der Waals surface area contributed by atoms with Gasteiger partial charge in [-0.15, -0.1) is 24.8 Å². The van der Waals surface area contributed by atoms with E-state index in [0.29, 0.717) is 44.8 Å². The van der Waals surface area contributed by atoms with Crippen LogP contribution < -0.4 is 16.2 Å². The van der Waals surface area contributed by atoms with E-state index in [1.807, 2.05) is 18.2 Å². The van der Waals surface area contributed by atoms with Crippen molar-refractivity contribution in [1.82, 2.24) is 20.4 Å². The van der Waals surface area contributed by atoms with Crippen molar-refractivity contribution in [2.45, 2.75) is 12.1 Å². The molecule has 2 aromatic rings. The number of hydrogen-bond donors (Lipinski definition) is 3. The van der Waals surface area contributed by atoms with E-state index in [4.69, 9.17) is 4.74 Å². The zero-order chi connectivity index (χ0) is 16.1. The summed E-state index contributed by atoms with van der Waals surface area (Å²) in [5.74, 6) is 0. The van der Waals surface area contributed by atoms with Crippen LogP contribution in [0.5, 0.6) is 0 Å². The monoisotopic (exact) mass is 390 g/mol. The Hall–Kier alpha value is -1.22. The normalized spacial score (nSPS) is 20.4. The van der Waals surface area contributed by atoms with Gasteiger partial charge in [-0.1, -0.05) is 18.2 Å². The fraction of sp³-hybridized carbons (Fsp3) is 0.500. The van der Waals surface area contributed by atoms with Gasteiger partial charge in [0.1, 0.15) is 5.60 Å². The van der Waals surface area contributed by atoms with Gasteiger partial charge in [-0.3, -0.25) is 4.79 Å². The van der Waals surface area contributed by atoms with Crippen LogP contribution >= 0.6 is 24.8 Å². The number of nitrogens with one attached hydrogen (secondary N) is 2. The number of hydrogen-bond acceptors (Lipinski definition) is 6. The smallest absolute Gasteiger partial charge is 0.274 e. The minimum absolute atomic E-state index is 0. The van der Waals surface area contributed by atoms with E-state index in [1.165, 1.54) is 4.68 Å². The van der Waals surface area contributed by atoms with Gasteiger partial charge in [0, 0.05) is 31.6 Å². The molecule has 3 N–H and O–H groups in total. The summed E-state index contributed by atoms with van der Waals surface area (Å²) in [5.41, 5.74) is -1.01. The largest absolute Gasteiger partial charge is 0.385 e. The molecule has 2 heterocycles. The minimum Gasteiger partial charge on any atom is -0.385 e. The fourth-order valence-electron chi connectivity index (χ4n) is 2.69. The predicted octanol–water partition coefficient (Wildman–Crippen LogP) is 0.181. The van der Waals surface area contributed by atoms with Gasteiger partial charge in [-0.05, 0) is 6.07 Å². The number of halogens is 2. The fourth-order valence-corrected chi connectivity index (χ4v) is 2.69. The standard InChI is InChI=1S/C16H22N4O3.2ClH/c21-15-14-4-2-1-3-13(14)9-19-20(15)7-5-17-10-16(22)11-18-6-8-23-12-16;;/h1-4,9,17-18,22H,5-8,10-12H2;2*1H. The Morgan fingerprint density at radius 1 is 1.36 bits per heavy atom. The number of aromatic nitrogens is 2. The van der Waals surface area contributed by atoms with Gasteiger partial charge < -0.3 is 20.5 Å². The molecule has 7 nitrogen and oxygen atoms in total. The Bertz CT molecular complexity index is 718. The zero-order valence-corrected chi connectivity index (χ0v) is 15.4. The Morgan fingerprint density at radius 2 is 2.16 bits per heavy atom. The quantitative estimate of drug-likeness (QED) is 0.631. The van der Waals surface area contributed by atoms with E-state index in [2.05, 4.69) is 15.7 Å². The summed E-state index contributed by atoms with van der Waals surface area (Å²) >= 11 is 0. The molecule has 3 rings (SSSR count). The highest BCUT2D eigenvalue weighted by Crippen LogP contribution is 2.07. The summed E-state index contributed by atoms with van der Waals surface area (Å²) < 4.78 is 6.82. The van der Waals surface area contributed by atoms with Crippen LogP contribution in [0.4, 0.5) is 0 Å². The van der Waals surface area contributed by atoms with E-state index in [1.54, 1.807) is 12.3 Å². The molecule has 0 aliphatic carbocycles. The third-order valence-electron chi connectivity index (χ3n) is 3.96. The SMILES string of the molecule is Cl.Cl.O=c1c2ccccc2cnn1CCNCC1(O)CNCCOC1. The highest BCUT2D eigenvalue weighted by Gasteiger charge is 2.28. The lowest BCUT2D eigenvalue weighted by atomic mass is 10.1. The van der Waals surface area contributed by atoms with Crippen LogP contribution in [-0.2, 0) is 11.3 Å². The molecule has 1 unspecified atom stereocenters. The van der Waals surface area contributed by atoms with Crippen molar-refractivity contribution >= 4 is 35.6 Å². The van der Waals surface area contributed by atoms with E-state index >= 15 is 0 Å². The maximum Gasteiger partial charge on any atom is 0.274 e. The molecule has 1 atom stereocenters. The number of rotatable bonds is 5. The van der Waals surface area contributed by atoms with Crippen LogP contribution in [0, 0.1) is 0 Å². The third kappa shape index (κ3) is 5.64. The van der Waals surface area contributed by atoms with Gasteiger partial charge in [0.2, 0.25) is 0 Å². The lowest BCUT2D eigenvalue weighted by Gasteiger charge is -2.26. The highest BCUT2D eigenvalue weighted by molar-refractivity contribution is 5.85. The lowest BCUT2D eigenvalue weighted by Crippen LogP contribution is -2.50. The summed E-state index contributed by atoms with van der Waals surface area (Å²) in [5, 5.41) is 22.4. The molecule has 9 heteroatoms. The van der Waals surface area contributed by atoms with Gasteiger partial charge in [0.05, 0.1) is 31.3 Å². The molecule has 140 valence electrons. The number of fused-ring (bicyclic) bond motifs is 1. The number of ether oxygens (including phenoxy) is 1. The number of nitrogens with zero attached hydrogens (tertiary/aromatic N) is 2. The molecule has 0 amide bonds. The Kier molecular flexibility index (Phi) is 8.78. The van der Waals surface area contributed by atoms with E-state index in [9.17, 15) is 9.90 Å². The lowest BCUT2D eigenvalue weighted by molar-refractivity contribution is -0.0262. The second kappa shape index (κ2) is 10.1. The summed E-state index contributed by atoms with van der Waals surface area (Å²) in [6, 6.07) is 7.42. The topological polar surface area (TPSA) is 88.4 Å². The number of aliphatic hydroxyl groups is 1. The Morgan fingerprint density at radius 3 is 3.00 bits per heavy atom. The first-order chi connectivity index (χ1) is 11.2. The van der Waals surface area contributed by atoms with Crippen LogP contribution in [0.15, 0.2) is 35.3 Å². The summed E-state index contributed by atoms with van der Waals surface area (Å²) in [6.07, 6.45) is 1.70. The van der Waals surface area contributed by atoms with Crippen LogP contribution in [0.25, 0.3) is 10.8 Å². The molecule has 0 bridgehead atoms. The van der Waals surface area contributed by atoms with Crippen molar-refractivity contribution < 1.29 is 9.84 Å². The maximum absolute atomic E-state index is 12.3. The number of benzene rings is 1. The predicted molar refractivity (Wildman–Crippen MR) is 102 cm³/mol. The van der Waals surface area contributed by atoms with Crippen molar-refractivity contribution in [2.24, 2.45) is 0 Å². The molecule has 1 aliphatic rings. The summed E-state index contributed by atoms with van der Waals surface area (Å²) in [6.45, 7) is 3.57. The maximum atomic E-state index is 12.3. The van der Waals surface area contributed by atoms with E-state index in [-0.39, 0.29) is 30.4 Å². The second-order valence-electron chi connectivity index (χ2n) is 5.89. The van der Waals surface area contributed by atoms with Crippen LogP contribution in [0.2, 0.25) is 0 Å². The molecule has 0 saturated carbocycles. The number of β-amino-alcohol motifs (C(OH)–C–C–N with tert-alkyl or cyclic N) is 1. The Labute approximate surface area is 158 Å². The highest BCUT2D eigenvalue weighted by atomic mass is 35.5. The molecule has 1 aromatic carbocycles. The minimum atomic E-state index is -0.918. The van der Waals surface area contributed by atoms with Gasteiger partial charge in [0.15, 0.2) is 0 Å². The molecule has 0 spiro atoms. The van der Waals surface area contributed by atoms with Crippen molar-refractivity contribution in [3.05, 3.63) is 40.8 Å². The van der Waals surface area contributed by atoms with Crippen LogP contribution in [-0.4, -0.2) is 59.9 Å². The first-order valence-electron chi connectivity index (χ1n) is 7.84. The average Bonchev–Trinajstić information content (AvgIpc) is 2.79. The first kappa shape index (κ1) is 21.8. The second-order valence-corrected chi connectivity index (χ2v) is 5.89. The molecule has 25 heavy (non-hydrogen) atoms. The molecule has 1 saturated heterocycles. The molecular formula is C16H24Cl2N4O3.